The molecule has 152 valence electrons. The molecule has 7 rings (SSSR count). The molecule has 1 aromatic rings. The van der Waals surface area contributed by atoms with Crippen molar-refractivity contribution in [2.45, 2.75) is 95.9 Å². The highest BCUT2D eigenvalue weighted by atomic mass is 16.2. The molecule has 0 aromatic carbocycles. The minimum atomic E-state index is 0.118. The van der Waals surface area contributed by atoms with Gasteiger partial charge in [0.25, 0.3) is 5.91 Å². The van der Waals surface area contributed by atoms with Crippen LogP contribution in [-0.4, -0.2) is 22.2 Å². The maximum Gasteiger partial charge on any atom is 0.272 e. The first-order chi connectivity index (χ1) is 13.7. The van der Waals surface area contributed by atoms with Gasteiger partial charge in [-0.15, -0.1) is 0 Å². The summed E-state index contributed by atoms with van der Waals surface area (Å²) in [6.45, 7) is 0.889. The number of hydrogen-bond donors (Lipinski definition) is 1. The summed E-state index contributed by atoms with van der Waals surface area (Å²) < 4.78 is 2.27. The molecule has 5 saturated carbocycles. The topological polar surface area (TPSA) is 46.9 Å². The highest BCUT2D eigenvalue weighted by Gasteiger charge is 2.50. The third-order valence-electron chi connectivity index (χ3n) is 8.88. The predicted molar refractivity (Wildman–Crippen MR) is 109 cm³/mol. The van der Waals surface area contributed by atoms with Crippen LogP contribution in [0.15, 0.2) is 0 Å². The minimum Gasteiger partial charge on any atom is -0.350 e. The van der Waals surface area contributed by atoms with Crippen LogP contribution in [-0.2, 0) is 12.8 Å². The van der Waals surface area contributed by atoms with E-state index in [1.165, 1.54) is 88.3 Å². The third-order valence-corrected chi connectivity index (χ3v) is 8.88. The Labute approximate surface area is 168 Å². The van der Waals surface area contributed by atoms with Crippen LogP contribution in [0.5, 0.6) is 0 Å². The van der Waals surface area contributed by atoms with E-state index < -0.39 is 0 Å². The second-order valence-electron chi connectivity index (χ2n) is 11.0. The van der Waals surface area contributed by atoms with Crippen molar-refractivity contribution < 1.29 is 4.79 Å². The number of aromatic nitrogens is 2. The third kappa shape index (κ3) is 2.85. The van der Waals surface area contributed by atoms with Crippen LogP contribution >= 0.6 is 0 Å². The quantitative estimate of drug-likeness (QED) is 0.760. The van der Waals surface area contributed by atoms with Gasteiger partial charge >= 0.3 is 0 Å². The molecule has 6 aliphatic rings. The second kappa shape index (κ2) is 6.60. The summed E-state index contributed by atoms with van der Waals surface area (Å²) in [6, 6.07) is 0.552. The average molecular weight is 382 g/mol. The average Bonchev–Trinajstić information content (AvgIpc) is 2.80. The van der Waals surface area contributed by atoms with Gasteiger partial charge in [-0.2, -0.15) is 5.10 Å². The maximum atomic E-state index is 13.3. The summed E-state index contributed by atoms with van der Waals surface area (Å²) >= 11 is 0. The Hall–Kier alpha value is -1.32. The van der Waals surface area contributed by atoms with Crippen molar-refractivity contribution in [2.24, 2.45) is 23.2 Å². The summed E-state index contributed by atoms with van der Waals surface area (Å²) in [5.41, 5.74) is 3.85. The molecular formula is C24H35N3O. The molecule has 0 aliphatic heterocycles. The van der Waals surface area contributed by atoms with Crippen LogP contribution in [0, 0.1) is 23.2 Å². The normalized spacial score (nSPS) is 36.6. The lowest BCUT2D eigenvalue weighted by Crippen LogP contribution is -2.51. The molecule has 6 aliphatic carbocycles. The molecule has 0 unspecified atom stereocenters. The fraction of sp³-hybridized carbons (Fsp3) is 0.833. The van der Waals surface area contributed by atoms with Gasteiger partial charge in [0.2, 0.25) is 0 Å². The Morgan fingerprint density at radius 3 is 2.29 bits per heavy atom. The number of carbonyl (C=O) groups is 1. The molecule has 4 nitrogen and oxygen atoms in total. The van der Waals surface area contributed by atoms with E-state index in [4.69, 9.17) is 5.10 Å². The van der Waals surface area contributed by atoms with Crippen LogP contribution in [0.2, 0.25) is 0 Å². The highest BCUT2D eigenvalue weighted by molar-refractivity contribution is 5.94. The molecule has 1 heterocycles. The zero-order chi connectivity index (χ0) is 18.7. The number of hydrogen-bond acceptors (Lipinski definition) is 2. The van der Waals surface area contributed by atoms with Gasteiger partial charge in [0.15, 0.2) is 5.69 Å². The van der Waals surface area contributed by atoms with Crippen LogP contribution in [0.1, 0.15) is 105 Å². The van der Waals surface area contributed by atoms with Gasteiger partial charge in [0.1, 0.15) is 0 Å². The van der Waals surface area contributed by atoms with E-state index in [0.29, 0.717) is 11.5 Å². The SMILES string of the molecule is O=C(NCC12CC3CC(CC(C3)C1)C2)c1nn(C2CCC2)c2c1CCCCC2. The van der Waals surface area contributed by atoms with Crippen molar-refractivity contribution in [1.29, 1.82) is 0 Å². The molecule has 1 N–H and O–H groups in total. The Balaban J connectivity index is 1.22. The Bertz CT molecular complexity index is 740. The number of nitrogens with one attached hydrogen (secondary N) is 1. The molecule has 5 fully saturated rings. The molecule has 0 atom stereocenters. The lowest BCUT2D eigenvalue weighted by atomic mass is 9.49. The van der Waals surface area contributed by atoms with E-state index in [2.05, 4.69) is 10.00 Å². The summed E-state index contributed by atoms with van der Waals surface area (Å²) in [4.78, 5) is 13.3. The Morgan fingerprint density at radius 2 is 1.64 bits per heavy atom. The number of rotatable bonds is 4. The zero-order valence-electron chi connectivity index (χ0n) is 17.2. The van der Waals surface area contributed by atoms with Gasteiger partial charge in [-0.3, -0.25) is 9.48 Å². The molecule has 4 bridgehead atoms. The summed E-state index contributed by atoms with van der Waals surface area (Å²) in [5, 5.41) is 8.33. The van der Waals surface area contributed by atoms with E-state index in [0.717, 1.165) is 42.8 Å². The monoisotopic (exact) mass is 381 g/mol. The molecule has 0 radical (unpaired) electrons. The largest absolute Gasteiger partial charge is 0.350 e. The zero-order valence-corrected chi connectivity index (χ0v) is 17.2. The smallest absolute Gasteiger partial charge is 0.272 e. The summed E-state index contributed by atoms with van der Waals surface area (Å²) in [7, 11) is 0. The first kappa shape index (κ1) is 17.5. The molecule has 1 aromatic heterocycles. The lowest BCUT2D eigenvalue weighted by molar-refractivity contribution is -0.0503. The Kier molecular flexibility index (Phi) is 4.13. The fourth-order valence-corrected chi connectivity index (χ4v) is 7.78. The van der Waals surface area contributed by atoms with E-state index in [-0.39, 0.29) is 5.91 Å². The summed E-state index contributed by atoms with van der Waals surface area (Å²) in [6.07, 6.45) is 18.1. The van der Waals surface area contributed by atoms with Crippen molar-refractivity contribution in [3.8, 4) is 0 Å². The standard InChI is InChI=1S/C24H35N3O/c28-23(25-15-24-12-16-9-17(13-24)11-18(10-16)14-24)22-20-7-2-1-3-8-21(20)27(26-22)19-5-4-6-19/h16-19H,1-15H2,(H,25,28). The fourth-order valence-electron chi connectivity index (χ4n) is 7.78. The van der Waals surface area contributed by atoms with Crippen molar-refractivity contribution in [3.05, 3.63) is 17.0 Å². The second-order valence-corrected chi connectivity index (χ2v) is 11.0. The van der Waals surface area contributed by atoms with Gasteiger partial charge < -0.3 is 5.32 Å². The van der Waals surface area contributed by atoms with Crippen LogP contribution < -0.4 is 5.32 Å². The predicted octanol–water partition coefficient (Wildman–Crippen LogP) is 4.82. The maximum absolute atomic E-state index is 13.3. The first-order valence-electron chi connectivity index (χ1n) is 12.1. The van der Waals surface area contributed by atoms with Gasteiger partial charge in [-0.05, 0) is 107 Å². The molecule has 4 heteroatoms. The molecular weight excluding hydrogens is 346 g/mol. The van der Waals surface area contributed by atoms with Crippen molar-refractivity contribution in [2.75, 3.05) is 6.54 Å². The molecule has 0 spiro atoms. The van der Waals surface area contributed by atoms with E-state index >= 15 is 0 Å². The van der Waals surface area contributed by atoms with Crippen LogP contribution in [0.4, 0.5) is 0 Å². The van der Waals surface area contributed by atoms with Crippen molar-refractivity contribution in [1.82, 2.24) is 15.1 Å². The van der Waals surface area contributed by atoms with Crippen LogP contribution in [0.3, 0.4) is 0 Å². The number of carbonyl (C=O) groups excluding carboxylic acids is 1. The Morgan fingerprint density at radius 1 is 0.964 bits per heavy atom. The number of amides is 1. The first-order valence-corrected chi connectivity index (χ1v) is 12.1. The van der Waals surface area contributed by atoms with Gasteiger partial charge in [-0.25, -0.2) is 0 Å². The number of nitrogens with zero attached hydrogens (tertiary/aromatic N) is 2. The van der Waals surface area contributed by atoms with Crippen molar-refractivity contribution in [3.63, 3.8) is 0 Å². The van der Waals surface area contributed by atoms with Crippen molar-refractivity contribution >= 4 is 5.91 Å². The lowest BCUT2D eigenvalue weighted by Gasteiger charge is -2.56. The minimum absolute atomic E-state index is 0.118. The van der Waals surface area contributed by atoms with Gasteiger partial charge in [0.05, 0.1) is 6.04 Å². The number of fused-ring (bicyclic) bond motifs is 1. The van der Waals surface area contributed by atoms with Crippen LogP contribution in [0.25, 0.3) is 0 Å². The van der Waals surface area contributed by atoms with E-state index in [1.807, 2.05) is 0 Å². The van der Waals surface area contributed by atoms with Gasteiger partial charge in [0, 0.05) is 17.8 Å². The molecule has 28 heavy (non-hydrogen) atoms. The van der Waals surface area contributed by atoms with E-state index in [9.17, 15) is 4.79 Å². The van der Waals surface area contributed by atoms with E-state index in [1.54, 1.807) is 0 Å². The molecule has 0 saturated heterocycles. The summed E-state index contributed by atoms with van der Waals surface area (Å²) in [5.74, 6) is 2.94. The highest BCUT2D eigenvalue weighted by Crippen LogP contribution is 2.59. The van der Waals surface area contributed by atoms with Gasteiger partial charge in [-0.1, -0.05) is 6.42 Å². The molecule has 1 amide bonds.